The highest BCUT2D eigenvalue weighted by atomic mass is 16.3. The summed E-state index contributed by atoms with van der Waals surface area (Å²) in [4.78, 5) is 4.57. The molecule has 24 heavy (non-hydrogen) atoms. The van der Waals surface area contributed by atoms with Crippen molar-refractivity contribution in [1.29, 1.82) is 0 Å². The Morgan fingerprint density at radius 3 is 3.12 bits per heavy atom. The maximum absolute atomic E-state index is 5.70. The highest BCUT2D eigenvalue weighted by Gasteiger charge is 2.21. The van der Waals surface area contributed by atoms with Gasteiger partial charge in [0.25, 0.3) is 0 Å². The molecule has 0 saturated carbocycles. The lowest BCUT2D eigenvalue weighted by molar-refractivity contribution is 0.357. The summed E-state index contributed by atoms with van der Waals surface area (Å²) in [6.07, 6.45) is 4.80. The molecule has 0 amide bonds. The van der Waals surface area contributed by atoms with Crippen LogP contribution in [0.4, 0.5) is 0 Å². The number of nitrogens with one attached hydrogen (secondary N) is 2. The Kier molecular flexibility index (Phi) is 3.93. The Morgan fingerprint density at radius 1 is 1.42 bits per heavy atom. The molecule has 1 atom stereocenters. The summed E-state index contributed by atoms with van der Waals surface area (Å²) in [7, 11) is 0. The summed E-state index contributed by atoms with van der Waals surface area (Å²) in [6.45, 7) is 5.66. The van der Waals surface area contributed by atoms with Gasteiger partial charge in [-0.15, -0.1) is 0 Å². The third kappa shape index (κ3) is 2.87. The molecule has 3 aromatic heterocycles. The van der Waals surface area contributed by atoms with E-state index in [1.165, 1.54) is 0 Å². The van der Waals surface area contributed by atoms with Crippen molar-refractivity contribution in [2.75, 3.05) is 0 Å². The van der Waals surface area contributed by atoms with Gasteiger partial charge in [-0.3, -0.25) is 5.10 Å². The summed E-state index contributed by atoms with van der Waals surface area (Å²) in [5.74, 6) is 3.78. The third-order valence-corrected chi connectivity index (χ3v) is 4.50. The third-order valence-electron chi connectivity index (χ3n) is 4.50. The van der Waals surface area contributed by atoms with Gasteiger partial charge < -0.3 is 9.73 Å². The average molecular weight is 326 g/mol. The van der Waals surface area contributed by atoms with Crippen LogP contribution in [0.15, 0.2) is 22.7 Å². The predicted molar refractivity (Wildman–Crippen MR) is 89.4 cm³/mol. The van der Waals surface area contributed by atoms with Crippen LogP contribution in [0.5, 0.6) is 0 Å². The first-order valence-corrected chi connectivity index (χ1v) is 8.48. The van der Waals surface area contributed by atoms with Crippen molar-refractivity contribution in [3.8, 4) is 11.5 Å². The number of furan rings is 1. The minimum atomic E-state index is 0.394. The van der Waals surface area contributed by atoms with Gasteiger partial charge in [0.2, 0.25) is 0 Å². The van der Waals surface area contributed by atoms with Crippen molar-refractivity contribution >= 4 is 0 Å². The van der Waals surface area contributed by atoms with Crippen molar-refractivity contribution in [2.24, 2.45) is 0 Å². The number of nitrogens with zero attached hydrogens (tertiary/aromatic N) is 4. The number of aryl methyl sites for hydroxylation is 3. The molecule has 2 N–H and O–H groups in total. The van der Waals surface area contributed by atoms with Gasteiger partial charge in [-0.05, 0) is 25.5 Å². The number of fused-ring (bicyclic) bond motifs is 1. The Bertz CT molecular complexity index is 830. The van der Waals surface area contributed by atoms with Crippen LogP contribution in [-0.2, 0) is 25.9 Å². The quantitative estimate of drug-likeness (QED) is 0.751. The predicted octanol–water partition coefficient (Wildman–Crippen LogP) is 2.24. The number of hydrogen-bond donors (Lipinski definition) is 2. The van der Waals surface area contributed by atoms with E-state index < -0.39 is 0 Å². The molecule has 0 aromatic carbocycles. The zero-order chi connectivity index (χ0) is 16.5. The smallest absolute Gasteiger partial charge is 0.152 e. The first kappa shape index (κ1) is 15.1. The normalized spacial score (nSPS) is 17.2. The van der Waals surface area contributed by atoms with Gasteiger partial charge in [-0.25, -0.2) is 9.67 Å². The SMILES string of the molecule is CCc1nc2n(n1)C[C@@H](NCc1cn[nH]c1-c1ccc(C)o1)CC2. The molecule has 0 saturated heterocycles. The van der Waals surface area contributed by atoms with Crippen molar-refractivity contribution in [3.63, 3.8) is 0 Å². The zero-order valence-corrected chi connectivity index (χ0v) is 14.0. The van der Waals surface area contributed by atoms with Crippen LogP contribution in [0, 0.1) is 6.92 Å². The molecule has 0 spiro atoms. The van der Waals surface area contributed by atoms with E-state index in [-0.39, 0.29) is 0 Å². The Morgan fingerprint density at radius 2 is 2.33 bits per heavy atom. The second-order valence-electron chi connectivity index (χ2n) is 6.28. The fourth-order valence-corrected chi connectivity index (χ4v) is 3.16. The summed E-state index contributed by atoms with van der Waals surface area (Å²) in [6, 6.07) is 4.33. The van der Waals surface area contributed by atoms with Gasteiger partial charge >= 0.3 is 0 Å². The van der Waals surface area contributed by atoms with Gasteiger partial charge in [0.15, 0.2) is 11.6 Å². The minimum absolute atomic E-state index is 0.394. The monoisotopic (exact) mass is 326 g/mol. The molecule has 0 radical (unpaired) electrons. The van der Waals surface area contributed by atoms with E-state index in [4.69, 9.17) is 4.42 Å². The van der Waals surface area contributed by atoms with E-state index in [2.05, 4.69) is 32.5 Å². The van der Waals surface area contributed by atoms with Crippen molar-refractivity contribution < 1.29 is 4.42 Å². The molecular formula is C17H22N6O. The van der Waals surface area contributed by atoms with Crippen molar-refractivity contribution in [3.05, 3.63) is 41.3 Å². The Hall–Kier alpha value is -2.41. The highest BCUT2D eigenvalue weighted by Crippen LogP contribution is 2.23. The molecule has 0 fully saturated rings. The van der Waals surface area contributed by atoms with E-state index in [1.54, 1.807) is 0 Å². The van der Waals surface area contributed by atoms with E-state index in [1.807, 2.05) is 29.9 Å². The largest absolute Gasteiger partial charge is 0.460 e. The van der Waals surface area contributed by atoms with Crippen LogP contribution in [0.2, 0.25) is 0 Å². The molecule has 1 aliphatic rings. The summed E-state index contributed by atoms with van der Waals surface area (Å²) < 4.78 is 7.75. The maximum atomic E-state index is 5.70. The number of hydrogen-bond acceptors (Lipinski definition) is 5. The van der Waals surface area contributed by atoms with Gasteiger partial charge in [0.05, 0.1) is 12.7 Å². The fraction of sp³-hybridized carbons (Fsp3) is 0.471. The van der Waals surface area contributed by atoms with E-state index >= 15 is 0 Å². The number of aromatic amines is 1. The van der Waals surface area contributed by atoms with Crippen LogP contribution >= 0.6 is 0 Å². The van der Waals surface area contributed by atoms with Crippen molar-refractivity contribution in [1.82, 2.24) is 30.3 Å². The Balaban J connectivity index is 1.42. The minimum Gasteiger partial charge on any atom is -0.460 e. The van der Waals surface area contributed by atoms with Crippen LogP contribution < -0.4 is 5.32 Å². The lowest BCUT2D eigenvalue weighted by Gasteiger charge is -2.23. The molecule has 0 unspecified atom stereocenters. The maximum Gasteiger partial charge on any atom is 0.152 e. The molecular weight excluding hydrogens is 304 g/mol. The van der Waals surface area contributed by atoms with Gasteiger partial charge in [-0.2, -0.15) is 10.2 Å². The first-order valence-electron chi connectivity index (χ1n) is 8.48. The highest BCUT2D eigenvalue weighted by molar-refractivity contribution is 5.56. The van der Waals surface area contributed by atoms with E-state index in [0.29, 0.717) is 6.04 Å². The van der Waals surface area contributed by atoms with Gasteiger partial charge in [0.1, 0.15) is 17.3 Å². The fourth-order valence-electron chi connectivity index (χ4n) is 3.16. The molecule has 4 rings (SSSR count). The zero-order valence-electron chi connectivity index (χ0n) is 14.0. The molecule has 7 heteroatoms. The summed E-state index contributed by atoms with van der Waals surface area (Å²) in [5.41, 5.74) is 2.06. The van der Waals surface area contributed by atoms with Crippen LogP contribution in [0.1, 0.15) is 36.3 Å². The summed E-state index contributed by atoms with van der Waals surface area (Å²) in [5, 5.41) is 15.4. The average Bonchev–Trinajstić information content (AvgIpc) is 3.30. The van der Waals surface area contributed by atoms with E-state index in [0.717, 1.165) is 66.8 Å². The molecule has 1 aliphatic heterocycles. The molecule has 4 heterocycles. The van der Waals surface area contributed by atoms with Gasteiger partial charge in [0, 0.05) is 31.0 Å². The van der Waals surface area contributed by atoms with Crippen molar-refractivity contribution in [2.45, 2.75) is 52.2 Å². The Labute approximate surface area is 140 Å². The second-order valence-corrected chi connectivity index (χ2v) is 6.28. The standard InChI is InChI=1S/C17H22N6O/c1-3-15-20-16-7-5-13(10-23(16)22-15)18-8-12-9-19-21-17(12)14-6-4-11(2)24-14/h4,6,9,13,18H,3,5,7-8,10H2,1-2H3,(H,19,21)/t13-/m0/s1. The number of H-pyrrole nitrogens is 1. The topological polar surface area (TPSA) is 84.6 Å². The van der Waals surface area contributed by atoms with Crippen LogP contribution in [-0.4, -0.2) is 31.0 Å². The van der Waals surface area contributed by atoms with Crippen LogP contribution in [0.25, 0.3) is 11.5 Å². The number of aromatic nitrogens is 5. The van der Waals surface area contributed by atoms with Crippen LogP contribution in [0.3, 0.4) is 0 Å². The molecule has 126 valence electrons. The second kappa shape index (κ2) is 6.24. The van der Waals surface area contributed by atoms with Gasteiger partial charge in [-0.1, -0.05) is 6.92 Å². The molecule has 7 nitrogen and oxygen atoms in total. The summed E-state index contributed by atoms with van der Waals surface area (Å²) >= 11 is 0. The first-order chi connectivity index (χ1) is 11.7. The molecule has 0 aliphatic carbocycles. The molecule has 0 bridgehead atoms. The lowest BCUT2D eigenvalue weighted by Crippen LogP contribution is -2.37. The van der Waals surface area contributed by atoms with E-state index in [9.17, 15) is 0 Å². The molecule has 3 aromatic rings. The number of rotatable bonds is 5. The lowest BCUT2D eigenvalue weighted by atomic mass is 10.1.